The number of benzene rings is 1. The molecule has 0 aliphatic rings. The molecule has 0 saturated heterocycles. The molecule has 60 valence electrons. The topological polar surface area (TPSA) is 0 Å². The van der Waals surface area contributed by atoms with Crippen LogP contribution in [0, 0.1) is 6.92 Å². The zero-order chi connectivity index (χ0) is 8.27. The lowest BCUT2D eigenvalue weighted by atomic mass is 10.2. The molecule has 4 heteroatoms. The summed E-state index contributed by atoms with van der Waals surface area (Å²) in [5, 5.41) is 0. The highest BCUT2D eigenvalue weighted by molar-refractivity contribution is 14.2. The Hall–Kier alpha value is 1.38. The Morgan fingerprint density at radius 2 is 1.55 bits per heavy atom. The van der Waals surface area contributed by atoms with Gasteiger partial charge in [-0.15, -0.1) is 0 Å². The van der Waals surface area contributed by atoms with Crippen molar-refractivity contribution in [1.29, 1.82) is 0 Å². The van der Waals surface area contributed by atoms with Crippen LogP contribution >= 0.6 is 60.3 Å². The minimum Gasteiger partial charge on any atom is -0.0600 e. The molecule has 1 aromatic carbocycles. The van der Waals surface area contributed by atoms with E-state index in [4.69, 9.17) is 0 Å². The molecule has 0 aliphatic heterocycles. The van der Waals surface area contributed by atoms with Gasteiger partial charge in [0.15, 0.2) is 0 Å². The van der Waals surface area contributed by atoms with Crippen molar-refractivity contribution in [2.45, 2.75) is 16.7 Å². The molecule has 0 aliphatic carbocycles. The van der Waals surface area contributed by atoms with Gasteiger partial charge in [-0.3, -0.25) is 0 Å². The maximum absolute atomic E-state index is 2.32. The first-order valence-corrected chi connectivity index (χ1v) is 9.68. The van der Waals surface area contributed by atoms with Gasteiger partial charge < -0.3 is 0 Å². The fraction of sp³-hybridized carbons (Fsp3) is 0.143. The van der Waals surface area contributed by atoms with Crippen molar-refractivity contribution in [2.75, 3.05) is 0 Å². The van der Waals surface area contributed by atoms with E-state index in [2.05, 4.69) is 67.5 Å². The first-order chi connectivity index (χ1) is 5.29. The lowest BCUT2D eigenvalue weighted by Crippen LogP contribution is -1.79. The second-order valence-corrected chi connectivity index (χ2v) is 5.86. The molecule has 0 unspecified atom stereocenters. The molecule has 11 heavy (non-hydrogen) atoms. The first-order valence-electron chi connectivity index (χ1n) is 2.96. The van der Waals surface area contributed by atoms with E-state index in [0.717, 1.165) is 0 Å². The van der Waals surface area contributed by atoms with Crippen molar-refractivity contribution in [3.8, 4) is 0 Å². The first kappa shape index (κ1) is 10.5. The summed E-state index contributed by atoms with van der Waals surface area (Å²) < 4.78 is 0. The number of hydrogen-bond acceptors (Lipinski definition) is 2. The summed E-state index contributed by atoms with van der Waals surface area (Å²) in [5.41, 5.74) is 1.39. The summed E-state index contributed by atoms with van der Waals surface area (Å²) in [4.78, 5) is 2.74. The third kappa shape index (κ3) is 2.67. The Morgan fingerprint density at radius 3 is 1.91 bits per heavy atom. The highest BCUT2D eigenvalue weighted by atomic mass is 127. The van der Waals surface area contributed by atoms with Gasteiger partial charge in [0.1, 0.15) is 0 Å². The lowest BCUT2D eigenvalue weighted by molar-refractivity contribution is 1.20. The van der Waals surface area contributed by atoms with Gasteiger partial charge in [0.25, 0.3) is 0 Å². The zero-order valence-corrected chi connectivity index (χ0v) is 11.8. The summed E-state index contributed by atoms with van der Waals surface area (Å²) in [6, 6.07) is 6.42. The fourth-order valence-corrected chi connectivity index (χ4v) is 4.40. The Bertz CT molecular complexity index is 228. The zero-order valence-electron chi connectivity index (χ0n) is 5.80. The lowest BCUT2D eigenvalue weighted by Gasteiger charge is -2.03. The third-order valence-corrected chi connectivity index (χ3v) is 5.46. The molecule has 0 saturated carbocycles. The third-order valence-electron chi connectivity index (χ3n) is 1.40. The minimum atomic E-state index is 1.37. The minimum absolute atomic E-state index is 1.37. The van der Waals surface area contributed by atoms with Crippen LogP contribution in [0.25, 0.3) is 0 Å². The SMILES string of the molecule is Cc1c(SI)cccc1SI. The Morgan fingerprint density at radius 1 is 1.09 bits per heavy atom. The van der Waals surface area contributed by atoms with E-state index >= 15 is 0 Å². The average molecular weight is 408 g/mol. The second-order valence-electron chi connectivity index (χ2n) is 2.03. The van der Waals surface area contributed by atoms with Gasteiger partial charge in [-0.05, 0) is 24.6 Å². The van der Waals surface area contributed by atoms with E-state index in [1.807, 2.05) is 0 Å². The molecule has 0 amide bonds. The van der Waals surface area contributed by atoms with Crippen LogP contribution < -0.4 is 0 Å². The quantitative estimate of drug-likeness (QED) is 0.641. The van der Waals surface area contributed by atoms with Gasteiger partial charge in [-0.2, -0.15) is 0 Å². The van der Waals surface area contributed by atoms with E-state index in [9.17, 15) is 0 Å². The van der Waals surface area contributed by atoms with Gasteiger partial charge in [0, 0.05) is 52.2 Å². The monoisotopic (exact) mass is 408 g/mol. The fourth-order valence-electron chi connectivity index (χ4n) is 0.761. The van der Waals surface area contributed by atoms with Crippen LogP contribution in [0.2, 0.25) is 0 Å². The van der Waals surface area contributed by atoms with Gasteiger partial charge >= 0.3 is 0 Å². The molecule has 0 fully saturated rings. The van der Waals surface area contributed by atoms with E-state index in [0.29, 0.717) is 0 Å². The number of hydrogen-bond donors (Lipinski definition) is 0. The van der Waals surface area contributed by atoms with Gasteiger partial charge in [0.2, 0.25) is 0 Å². The summed E-state index contributed by atoms with van der Waals surface area (Å²) in [5.74, 6) is 0. The second kappa shape index (κ2) is 5.18. The van der Waals surface area contributed by atoms with Crippen molar-refractivity contribution in [3.05, 3.63) is 23.8 Å². The van der Waals surface area contributed by atoms with Crippen LogP contribution in [-0.4, -0.2) is 0 Å². The smallest absolute Gasteiger partial charge is 0.0219 e. The van der Waals surface area contributed by atoms with E-state index in [1.54, 1.807) is 17.9 Å². The van der Waals surface area contributed by atoms with Gasteiger partial charge in [-0.25, -0.2) is 0 Å². The average Bonchev–Trinajstić information content (AvgIpc) is 2.05. The molecular weight excluding hydrogens is 402 g/mol. The van der Waals surface area contributed by atoms with Crippen molar-refractivity contribution in [3.63, 3.8) is 0 Å². The Balaban J connectivity index is 3.10. The Labute approximate surface area is 99.5 Å². The molecule has 1 rings (SSSR count). The molecule has 0 atom stereocenters. The molecule has 0 radical (unpaired) electrons. The normalized spacial score (nSPS) is 10.1. The molecule has 0 spiro atoms. The maximum Gasteiger partial charge on any atom is 0.0219 e. The highest BCUT2D eigenvalue weighted by Gasteiger charge is 2.01. The van der Waals surface area contributed by atoms with Crippen molar-refractivity contribution < 1.29 is 0 Å². The molecule has 1 aromatic rings. The van der Waals surface area contributed by atoms with Crippen LogP contribution in [0.1, 0.15) is 5.56 Å². The summed E-state index contributed by atoms with van der Waals surface area (Å²) >= 11 is 4.63. The van der Waals surface area contributed by atoms with Crippen molar-refractivity contribution in [1.82, 2.24) is 0 Å². The maximum atomic E-state index is 2.32. The van der Waals surface area contributed by atoms with E-state index < -0.39 is 0 Å². The van der Waals surface area contributed by atoms with Crippen molar-refractivity contribution in [2.24, 2.45) is 0 Å². The summed E-state index contributed by atoms with van der Waals surface area (Å²) in [6.07, 6.45) is 0. The Kier molecular flexibility index (Phi) is 4.93. The van der Waals surface area contributed by atoms with Crippen LogP contribution in [0.3, 0.4) is 0 Å². The molecule has 0 nitrogen and oxygen atoms in total. The standard InChI is InChI=1S/C7H6I2S2/c1-5-6(10-8)3-2-4-7(5)11-9/h2-4H,1H3. The summed E-state index contributed by atoms with van der Waals surface area (Å²) in [6.45, 7) is 2.17. The predicted octanol–water partition coefficient (Wildman–Crippen LogP) is 4.88. The summed E-state index contributed by atoms with van der Waals surface area (Å²) in [7, 11) is 3.56. The predicted molar refractivity (Wildman–Crippen MR) is 70.9 cm³/mol. The van der Waals surface area contributed by atoms with Crippen LogP contribution in [-0.2, 0) is 0 Å². The van der Waals surface area contributed by atoms with E-state index in [-0.39, 0.29) is 0 Å². The van der Waals surface area contributed by atoms with E-state index in [1.165, 1.54) is 15.4 Å². The molecular formula is C7H6I2S2. The van der Waals surface area contributed by atoms with Crippen LogP contribution in [0.4, 0.5) is 0 Å². The van der Waals surface area contributed by atoms with Crippen LogP contribution in [0.5, 0.6) is 0 Å². The molecule has 0 aromatic heterocycles. The largest absolute Gasteiger partial charge is 0.0600 e. The molecule has 0 heterocycles. The number of halogens is 2. The number of rotatable bonds is 2. The van der Waals surface area contributed by atoms with Crippen molar-refractivity contribution >= 4 is 60.3 Å². The molecule has 0 N–H and O–H groups in total. The highest BCUT2D eigenvalue weighted by Crippen LogP contribution is 2.35. The molecule has 0 bridgehead atoms. The van der Waals surface area contributed by atoms with Gasteiger partial charge in [0.05, 0.1) is 0 Å². The van der Waals surface area contributed by atoms with Gasteiger partial charge in [-0.1, -0.05) is 23.9 Å². The van der Waals surface area contributed by atoms with Crippen LogP contribution in [0.15, 0.2) is 28.0 Å².